The van der Waals surface area contributed by atoms with E-state index in [2.05, 4.69) is 62.3 Å². The second-order valence-electron chi connectivity index (χ2n) is 6.72. The van der Waals surface area contributed by atoms with E-state index in [4.69, 9.17) is 0 Å². The molecule has 0 spiro atoms. The third-order valence-electron chi connectivity index (χ3n) is 4.34. The maximum Gasteiger partial charge on any atom is 0.119 e. The van der Waals surface area contributed by atoms with Crippen LogP contribution in [0.3, 0.4) is 0 Å². The first-order valence-electron chi connectivity index (χ1n) is 7.04. The molecule has 0 radical (unpaired) electrons. The second-order valence-corrected chi connectivity index (χ2v) is 7.57. The molecular weight excluding hydrogens is 312 g/mol. The van der Waals surface area contributed by atoms with Crippen molar-refractivity contribution < 1.29 is 5.11 Å². The predicted octanol–water partition coefficient (Wildman–Crippen LogP) is 5.55. The Morgan fingerprint density at radius 1 is 1.35 bits per heavy atom. The second kappa shape index (κ2) is 5.40. The molecule has 0 saturated heterocycles. The number of hydrogen-bond donors (Lipinski definition) is 1. The molecule has 0 fully saturated rings. The van der Waals surface area contributed by atoms with Crippen LogP contribution in [0.4, 0.5) is 0 Å². The predicted molar refractivity (Wildman–Crippen MR) is 89.0 cm³/mol. The molecule has 0 bridgehead atoms. The Bertz CT molecular complexity index is 581. The summed E-state index contributed by atoms with van der Waals surface area (Å²) in [5, 5.41) is 10.2. The first-order chi connectivity index (χ1) is 9.20. The lowest BCUT2D eigenvalue weighted by Crippen LogP contribution is -2.30. The number of benzene rings is 1. The van der Waals surface area contributed by atoms with E-state index in [1.165, 1.54) is 11.1 Å². The van der Waals surface area contributed by atoms with E-state index < -0.39 is 0 Å². The van der Waals surface area contributed by atoms with Gasteiger partial charge < -0.3 is 5.11 Å². The van der Waals surface area contributed by atoms with Crippen LogP contribution in [-0.4, -0.2) is 5.11 Å². The van der Waals surface area contributed by atoms with Crippen LogP contribution in [0.25, 0.3) is 0 Å². The summed E-state index contributed by atoms with van der Waals surface area (Å²) in [6.45, 7) is 13.1. The summed E-state index contributed by atoms with van der Waals surface area (Å²) in [5.74, 6) is 0.745. The molecule has 1 unspecified atom stereocenters. The van der Waals surface area contributed by atoms with Crippen molar-refractivity contribution in [2.24, 2.45) is 11.3 Å². The maximum atomic E-state index is 10.2. The van der Waals surface area contributed by atoms with Crippen molar-refractivity contribution in [1.82, 2.24) is 0 Å². The first-order valence-corrected chi connectivity index (χ1v) is 7.84. The SMILES string of the molecule is C=C1C=C(C)CC(C)(C)C1Cc1cc(C)c(Br)cc1O. The summed E-state index contributed by atoms with van der Waals surface area (Å²) in [6, 6.07) is 3.87. The van der Waals surface area contributed by atoms with E-state index in [1.54, 1.807) is 6.07 Å². The number of aromatic hydroxyl groups is 1. The summed E-state index contributed by atoms with van der Waals surface area (Å²) in [6.07, 6.45) is 4.14. The van der Waals surface area contributed by atoms with Gasteiger partial charge in [0.25, 0.3) is 0 Å². The molecule has 1 aliphatic carbocycles. The number of rotatable bonds is 2. The van der Waals surface area contributed by atoms with Crippen molar-refractivity contribution in [2.75, 3.05) is 0 Å². The van der Waals surface area contributed by atoms with Gasteiger partial charge in [0.1, 0.15) is 5.75 Å². The maximum absolute atomic E-state index is 10.2. The minimum Gasteiger partial charge on any atom is -0.508 e. The van der Waals surface area contributed by atoms with Gasteiger partial charge in [-0.15, -0.1) is 0 Å². The van der Waals surface area contributed by atoms with E-state index in [9.17, 15) is 5.11 Å². The summed E-state index contributed by atoms with van der Waals surface area (Å²) in [4.78, 5) is 0. The molecule has 1 aromatic rings. The molecule has 2 rings (SSSR count). The van der Waals surface area contributed by atoms with Gasteiger partial charge in [0.2, 0.25) is 0 Å². The fourth-order valence-corrected chi connectivity index (χ4v) is 3.66. The van der Waals surface area contributed by atoms with Crippen molar-refractivity contribution in [3.8, 4) is 5.75 Å². The molecular formula is C18H23BrO. The van der Waals surface area contributed by atoms with Crippen LogP contribution in [-0.2, 0) is 6.42 Å². The molecule has 20 heavy (non-hydrogen) atoms. The highest BCUT2D eigenvalue weighted by Crippen LogP contribution is 2.45. The number of phenols is 1. The van der Waals surface area contributed by atoms with Crippen molar-refractivity contribution in [1.29, 1.82) is 0 Å². The summed E-state index contributed by atoms with van der Waals surface area (Å²) >= 11 is 3.46. The lowest BCUT2D eigenvalue weighted by Gasteiger charge is -2.39. The Labute approximate surface area is 130 Å². The lowest BCUT2D eigenvalue weighted by atomic mass is 9.65. The smallest absolute Gasteiger partial charge is 0.119 e. The van der Waals surface area contributed by atoms with Crippen LogP contribution in [0.5, 0.6) is 5.75 Å². The fraction of sp³-hybridized carbons (Fsp3) is 0.444. The Kier molecular flexibility index (Phi) is 4.15. The van der Waals surface area contributed by atoms with Gasteiger partial charge in [-0.25, -0.2) is 0 Å². The quantitative estimate of drug-likeness (QED) is 0.751. The van der Waals surface area contributed by atoms with Gasteiger partial charge in [-0.05, 0) is 55.2 Å². The van der Waals surface area contributed by atoms with Crippen LogP contribution in [0.1, 0.15) is 38.3 Å². The van der Waals surface area contributed by atoms with Crippen molar-refractivity contribution in [3.63, 3.8) is 0 Å². The zero-order valence-corrected chi connectivity index (χ0v) is 14.3. The number of hydrogen-bond acceptors (Lipinski definition) is 1. The first kappa shape index (κ1) is 15.4. The standard InChI is InChI=1S/C18H23BrO/c1-11-6-12(2)15(18(4,5)10-11)8-14-7-13(3)16(19)9-17(14)20/h6-7,9,15,20H,2,8,10H2,1,3-5H3. The normalized spacial score (nSPS) is 21.8. The number of halogens is 1. The zero-order valence-electron chi connectivity index (χ0n) is 12.8. The third-order valence-corrected chi connectivity index (χ3v) is 5.20. The van der Waals surface area contributed by atoms with Gasteiger partial charge in [0, 0.05) is 4.47 Å². The number of allylic oxidation sites excluding steroid dienone is 3. The lowest BCUT2D eigenvalue weighted by molar-refractivity contribution is 0.236. The zero-order chi connectivity index (χ0) is 15.1. The van der Waals surface area contributed by atoms with Crippen LogP contribution in [0, 0.1) is 18.3 Å². The molecule has 1 aliphatic rings. The van der Waals surface area contributed by atoms with Gasteiger partial charge in [0.05, 0.1) is 0 Å². The number of phenolic OH excluding ortho intramolecular Hbond substituents is 1. The minimum atomic E-state index is 0.184. The highest BCUT2D eigenvalue weighted by Gasteiger charge is 2.34. The van der Waals surface area contributed by atoms with Crippen LogP contribution < -0.4 is 0 Å². The molecule has 108 valence electrons. The largest absolute Gasteiger partial charge is 0.508 e. The van der Waals surface area contributed by atoms with E-state index >= 15 is 0 Å². The van der Waals surface area contributed by atoms with Crippen molar-refractivity contribution in [2.45, 2.75) is 40.5 Å². The molecule has 1 nitrogen and oxygen atoms in total. The topological polar surface area (TPSA) is 20.2 Å². The molecule has 0 amide bonds. The van der Waals surface area contributed by atoms with Crippen molar-refractivity contribution >= 4 is 15.9 Å². The van der Waals surface area contributed by atoms with E-state index in [0.717, 1.165) is 28.4 Å². The minimum absolute atomic E-state index is 0.184. The van der Waals surface area contributed by atoms with Gasteiger partial charge in [-0.2, -0.15) is 0 Å². The van der Waals surface area contributed by atoms with E-state index in [-0.39, 0.29) is 5.41 Å². The van der Waals surface area contributed by atoms with E-state index in [0.29, 0.717) is 11.7 Å². The Balaban J connectivity index is 2.34. The van der Waals surface area contributed by atoms with Crippen LogP contribution in [0.2, 0.25) is 0 Å². The molecule has 0 aromatic heterocycles. The van der Waals surface area contributed by atoms with Gasteiger partial charge in [-0.3, -0.25) is 0 Å². The summed E-state index contributed by atoms with van der Waals surface area (Å²) in [7, 11) is 0. The third kappa shape index (κ3) is 3.01. The Morgan fingerprint density at radius 2 is 2.00 bits per heavy atom. The monoisotopic (exact) mass is 334 g/mol. The Morgan fingerprint density at radius 3 is 2.60 bits per heavy atom. The van der Waals surface area contributed by atoms with Gasteiger partial charge >= 0.3 is 0 Å². The van der Waals surface area contributed by atoms with Crippen molar-refractivity contribution in [3.05, 3.63) is 51.5 Å². The molecule has 1 N–H and O–H groups in total. The summed E-state index contributed by atoms with van der Waals surface area (Å²) in [5.41, 5.74) is 4.93. The average Bonchev–Trinajstić information content (AvgIpc) is 2.29. The average molecular weight is 335 g/mol. The molecule has 1 aromatic carbocycles. The molecule has 2 heteroatoms. The molecule has 0 aliphatic heterocycles. The van der Waals surface area contributed by atoms with Crippen LogP contribution in [0.15, 0.2) is 40.4 Å². The Hall–Kier alpha value is -1.02. The van der Waals surface area contributed by atoms with Crippen LogP contribution >= 0.6 is 15.9 Å². The number of aryl methyl sites for hydroxylation is 1. The van der Waals surface area contributed by atoms with E-state index in [1.807, 2.05) is 0 Å². The van der Waals surface area contributed by atoms with Gasteiger partial charge in [-0.1, -0.05) is 59.6 Å². The molecule has 0 heterocycles. The fourth-order valence-electron chi connectivity index (χ4n) is 3.33. The highest BCUT2D eigenvalue weighted by atomic mass is 79.9. The highest BCUT2D eigenvalue weighted by molar-refractivity contribution is 9.10. The molecule has 0 saturated carbocycles. The molecule has 1 atom stereocenters. The summed E-state index contributed by atoms with van der Waals surface area (Å²) < 4.78 is 0.955. The van der Waals surface area contributed by atoms with Gasteiger partial charge in [0.15, 0.2) is 0 Å².